The molecule has 4 heterocycles. The van der Waals surface area contributed by atoms with Gasteiger partial charge in [0.25, 0.3) is 5.91 Å². The number of allylic oxidation sites excluding steroid dienone is 2. The summed E-state index contributed by atoms with van der Waals surface area (Å²) < 4.78 is 46.0. The Labute approximate surface area is 254 Å². The smallest absolute Gasteiger partial charge is 0.412 e. The van der Waals surface area contributed by atoms with Gasteiger partial charge in [-0.3, -0.25) is 19.5 Å². The van der Waals surface area contributed by atoms with Crippen molar-refractivity contribution in [3.8, 4) is 17.1 Å². The second kappa shape index (κ2) is 12.7. The van der Waals surface area contributed by atoms with Crippen LogP contribution in [0.4, 0.5) is 13.2 Å². The zero-order valence-electron chi connectivity index (χ0n) is 24.7. The van der Waals surface area contributed by atoms with E-state index < -0.39 is 23.6 Å². The average molecular weight is 611 g/mol. The maximum Gasteiger partial charge on any atom is 0.412 e. The van der Waals surface area contributed by atoms with Crippen LogP contribution in [0.5, 0.6) is 5.75 Å². The van der Waals surface area contributed by atoms with Gasteiger partial charge in [-0.25, -0.2) is 9.97 Å². The van der Waals surface area contributed by atoms with Gasteiger partial charge in [-0.05, 0) is 69.1 Å². The van der Waals surface area contributed by atoms with E-state index in [4.69, 9.17) is 4.74 Å². The zero-order valence-corrected chi connectivity index (χ0v) is 24.7. The van der Waals surface area contributed by atoms with Gasteiger partial charge in [0.1, 0.15) is 5.75 Å². The lowest BCUT2D eigenvalue weighted by atomic mass is 9.91. The predicted molar refractivity (Wildman–Crippen MR) is 156 cm³/mol. The number of amides is 2. The molecule has 0 unspecified atom stereocenters. The van der Waals surface area contributed by atoms with Gasteiger partial charge in [-0.15, -0.1) is 0 Å². The Bertz CT molecular complexity index is 1420. The highest BCUT2D eigenvalue weighted by Crippen LogP contribution is 2.38. The van der Waals surface area contributed by atoms with Gasteiger partial charge in [0.15, 0.2) is 5.82 Å². The molecule has 0 bridgehead atoms. The highest BCUT2D eigenvalue weighted by atomic mass is 19.4. The second-order valence-electron chi connectivity index (χ2n) is 12.2. The van der Waals surface area contributed by atoms with Crippen LogP contribution >= 0.6 is 0 Å². The van der Waals surface area contributed by atoms with E-state index in [1.807, 2.05) is 11.0 Å². The number of aromatic nitrogens is 3. The van der Waals surface area contributed by atoms with Crippen LogP contribution in [-0.4, -0.2) is 86.6 Å². The van der Waals surface area contributed by atoms with Crippen LogP contribution < -0.4 is 10.1 Å². The van der Waals surface area contributed by atoms with Crippen molar-refractivity contribution >= 4 is 11.8 Å². The minimum absolute atomic E-state index is 0.0380. The zero-order chi connectivity index (χ0) is 30.8. The number of carbonyl (C=O) groups is 2. The van der Waals surface area contributed by atoms with Crippen LogP contribution in [-0.2, 0) is 9.59 Å². The number of fused-ring (bicyclic) bond motifs is 1. The lowest BCUT2D eigenvalue weighted by Crippen LogP contribution is -2.47. The molecule has 3 atom stereocenters. The van der Waals surface area contributed by atoms with Crippen molar-refractivity contribution in [3.63, 3.8) is 0 Å². The number of alkyl halides is 3. The minimum Gasteiger partial charge on any atom is -0.489 e. The summed E-state index contributed by atoms with van der Waals surface area (Å²) in [6, 6.07) is 4.50. The maximum absolute atomic E-state index is 13.2. The highest BCUT2D eigenvalue weighted by molar-refractivity contribution is 5.98. The molecule has 2 aromatic heterocycles. The largest absolute Gasteiger partial charge is 0.489 e. The van der Waals surface area contributed by atoms with Gasteiger partial charge < -0.3 is 15.0 Å². The minimum atomic E-state index is -4.48. The summed E-state index contributed by atoms with van der Waals surface area (Å²) >= 11 is 0. The van der Waals surface area contributed by atoms with E-state index in [1.165, 1.54) is 6.08 Å². The molecule has 2 saturated heterocycles. The fourth-order valence-corrected chi connectivity index (χ4v) is 7.23. The van der Waals surface area contributed by atoms with Gasteiger partial charge in [0.05, 0.1) is 18.8 Å². The van der Waals surface area contributed by atoms with Crippen LogP contribution in [0.3, 0.4) is 0 Å². The second-order valence-corrected chi connectivity index (χ2v) is 12.2. The first kappa shape index (κ1) is 30.2. The molecule has 2 aromatic rings. The van der Waals surface area contributed by atoms with Crippen molar-refractivity contribution < 1.29 is 27.5 Å². The summed E-state index contributed by atoms with van der Waals surface area (Å²) in [6.45, 7) is 2.95. The molecule has 9 nitrogen and oxygen atoms in total. The van der Waals surface area contributed by atoms with Crippen LogP contribution in [0.1, 0.15) is 51.9 Å². The number of ether oxygens (including phenoxy) is 1. The summed E-state index contributed by atoms with van der Waals surface area (Å²) in [6.07, 6.45) is 10.4. The van der Waals surface area contributed by atoms with Crippen LogP contribution in [0.2, 0.25) is 0 Å². The van der Waals surface area contributed by atoms with E-state index in [-0.39, 0.29) is 42.6 Å². The van der Waals surface area contributed by atoms with Crippen LogP contribution in [0.25, 0.3) is 11.4 Å². The summed E-state index contributed by atoms with van der Waals surface area (Å²) in [5.74, 6) is 0.0766. The number of rotatable bonds is 7. The molecule has 6 rings (SSSR count). The third kappa shape index (κ3) is 6.64. The molecule has 2 aliphatic carbocycles. The van der Waals surface area contributed by atoms with E-state index in [0.29, 0.717) is 24.2 Å². The molecule has 3 fully saturated rings. The topological polar surface area (TPSA) is 101 Å². The molecule has 0 aromatic carbocycles. The van der Waals surface area contributed by atoms with Crippen molar-refractivity contribution in [2.45, 2.75) is 82.3 Å². The lowest BCUT2D eigenvalue weighted by Gasteiger charge is -2.37. The average Bonchev–Trinajstić information content (AvgIpc) is 3.63. The molecule has 0 spiro atoms. The van der Waals surface area contributed by atoms with Gasteiger partial charge in [0, 0.05) is 66.5 Å². The predicted octanol–water partition coefficient (Wildman–Crippen LogP) is 4.47. The molecule has 0 radical (unpaired) electrons. The molecule has 44 heavy (non-hydrogen) atoms. The number of carbonyl (C=O) groups excluding carboxylic acids is 2. The quantitative estimate of drug-likeness (QED) is 0.494. The Morgan fingerprint density at radius 2 is 1.77 bits per heavy atom. The number of pyridine rings is 1. The van der Waals surface area contributed by atoms with Gasteiger partial charge in [-0.1, -0.05) is 13.0 Å². The first-order valence-corrected chi connectivity index (χ1v) is 15.4. The van der Waals surface area contributed by atoms with E-state index in [9.17, 15) is 22.8 Å². The van der Waals surface area contributed by atoms with Crippen LogP contribution in [0, 0.1) is 5.92 Å². The number of hydrogen-bond donors (Lipinski definition) is 1. The van der Waals surface area contributed by atoms with Crippen molar-refractivity contribution in [1.82, 2.24) is 30.1 Å². The summed E-state index contributed by atoms with van der Waals surface area (Å²) in [5, 5.41) is 2.56. The standard InChI is InChI=1S/C32H37F3N6O3/c1-20-13-21(15-23(14-20)32(33,34)35)31(43)39-19-29(42)41-12-8-27-28(41)7-11-40(27)24-3-5-25(6-4-24)44-26-16-22(17-36-18-26)30-37-9-2-10-38-30/h2,9-10,13,15-18,20,24-25,27-28H,3-8,11-12,14,19H2,1H3,(H,39,43)/t20-,24?,25?,27-,28-/m0/s1. The van der Waals surface area contributed by atoms with Crippen molar-refractivity contribution in [3.05, 3.63) is 60.2 Å². The third-order valence-corrected chi connectivity index (χ3v) is 9.25. The fourth-order valence-electron chi connectivity index (χ4n) is 7.23. The van der Waals surface area contributed by atoms with Gasteiger partial charge in [0.2, 0.25) is 5.91 Å². The van der Waals surface area contributed by atoms with Crippen molar-refractivity contribution in [2.75, 3.05) is 19.6 Å². The Balaban J connectivity index is 0.981. The molecule has 4 aliphatic rings. The number of nitrogens with one attached hydrogen (secondary N) is 1. The molecule has 1 N–H and O–H groups in total. The van der Waals surface area contributed by atoms with Gasteiger partial charge in [-0.2, -0.15) is 13.2 Å². The molecule has 2 aliphatic heterocycles. The summed E-state index contributed by atoms with van der Waals surface area (Å²) in [7, 11) is 0. The molecule has 1 saturated carbocycles. The molecule has 234 valence electrons. The third-order valence-electron chi connectivity index (χ3n) is 9.25. The summed E-state index contributed by atoms with van der Waals surface area (Å²) in [4.78, 5) is 43.1. The van der Waals surface area contributed by atoms with E-state index >= 15 is 0 Å². The Hall–Kier alpha value is -3.80. The molecule has 12 heteroatoms. The SMILES string of the molecule is C[C@H]1C=C(C(=O)NCC(=O)N2CC[C@H]3[C@@H]2CCN3C2CCC(Oc3cncc(-c4ncccn4)c3)CC2)C=C(C(F)(F)F)C1. The van der Waals surface area contributed by atoms with E-state index in [2.05, 4.69) is 25.2 Å². The van der Waals surface area contributed by atoms with Gasteiger partial charge >= 0.3 is 6.18 Å². The normalized spacial score (nSPS) is 27.4. The first-order chi connectivity index (χ1) is 21.2. The van der Waals surface area contributed by atoms with E-state index in [1.54, 1.807) is 37.8 Å². The lowest BCUT2D eigenvalue weighted by molar-refractivity contribution is -0.133. The Kier molecular flexibility index (Phi) is 8.70. The van der Waals surface area contributed by atoms with Crippen molar-refractivity contribution in [2.24, 2.45) is 5.92 Å². The van der Waals surface area contributed by atoms with Crippen molar-refractivity contribution in [1.29, 1.82) is 0 Å². The highest BCUT2D eigenvalue weighted by Gasteiger charge is 2.47. The van der Waals surface area contributed by atoms with E-state index in [0.717, 1.165) is 56.7 Å². The molecular formula is C32H37F3N6O3. The number of likely N-dealkylation sites (tertiary alicyclic amines) is 2. The summed E-state index contributed by atoms with van der Waals surface area (Å²) in [5.41, 5.74) is 0.0549. The number of nitrogens with zero attached hydrogens (tertiary/aromatic N) is 5. The Morgan fingerprint density at radius 1 is 1.02 bits per heavy atom. The fraction of sp³-hybridized carbons (Fsp3) is 0.531. The maximum atomic E-state index is 13.2. The monoisotopic (exact) mass is 610 g/mol. The Morgan fingerprint density at radius 3 is 2.52 bits per heavy atom. The number of halogens is 3. The van der Waals surface area contributed by atoms with Crippen LogP contribution in [0.15, 0.2) is 60.2 Å². The molecule has 2 amide bonds. The first-order valence-electron chi connectivity index (χ1n) is 15.4. The number of hydrogen-bond acceptors (Lipinski definition) is 7. The molecular weight excluding hydrogens is 573 g/mol.